The lowest BCUT2D eigenvalue weighted by Gasteiger charge is -2.13. The number of hydrogen-bond donors (Lipinski definition) is 0. The van der Waals surface area contributed by atoms with E-state index < -0.39 is 0 Å². The molecule has 0 spiro atoms. The molecule has 0 saturated heterocycles. The molecule has 1 saturated carbocycles. The lowest BCUT2D eigenvalue weighted by Crippen LogP contribution is -2.22. The lowest BCUT2D eigenvalue weighted by molar-refractivity contribution is 0.0821. The van der Waals surface area contributed by atoms with Gasteiger partial charge in [-0.05, 0) is 19.1 Å². The average Bonchev–Trinajstić information content (AvgIpc) is 3.11. The first-order valence-corrected chi connectivity index (χ1v) is 6.76. The van der Waals surface area contributed by atoms with Crippen LogP contribution in [0.5, 0.6) is 5.75 Å². The molecule has 92 valence electrons. The largest absolute Gasteiger partial charge is 0.489 e. The van der Waals surface area contributed by atoms with Gasteiger partial charge in [0, 0.05) is 26.4 Å². The van der Waals surface area contributed by atoms with Crippen LogP contribution >= 0.6 is 11.8 Å². The highest BCUT2D eigenvalue weighted by atomic mass is 32.2. The molecule has 1 aliphatic carbocycles. The van der Waals surface area contributed by atoms with Crippen LogP contribution in [-0.4, -0.2) is 42.2 Å². The molecule has 1 fully saturated rings. The summed E-state index contributed by atoms with van der Waals surface area (Å²) < 4.78 is 5.79. The van der Waals surface area contributed by atoms with Crippen LogP contribution in [0.25, 0.3) is 0 Å². The van der Waals surface area contributed by atoms with Gasteiger partial charge in [-0.25, -0.2) is 4.98 Å². The smallest absolute Gasteiger partial charge is 0.272 e. The summed E-state index contributed by atoms with van der Waals surface area (Å²) in [6, 6.07) is 1.74. The van der Waals surface area contributed by atoms with Crippen LogP contribution < -0.4 is 4.74 Å². The second-order valence-electron chi connectivity index (χ2n) is 4.24. The van der Waals surface area contributed by atoms with Gasteiger partial charge in [0.2, 0.25) is 0 Å². The Hall–Kier alpha value is -1.23. The molecule has 4 nitrogen and oxygen atoms in total. The summed E-state index contributed by atoms with van der Waals surface area (Å²) in [4.78, 5) is 18.5. The van der Waals surface area contributed by atoms with Crippen molar-refractivity contribution in [2.45, 2.75) is 23.8 Å². The average molecular weight is 252 g/mol. The zero-order valence-electron chi connectivity index (χ0n) is 10.3. The summed E-state index contributed by atoms with van der Waals surface area (Å²) >= 11 is 1.58. The van der Waals surface area contributed by atoms with E-state index in [1.54, 1.807) is 38.1 Å². The standard InChI is InChI=1S/C12H16N2O2S/c1-14(2)12(15)9-6-10(16-8-4-5-8)11(17-3)7-13-9/h6-8H,4-5H2,1-3H3. The Labute approximate surface area is 105 Å². The normalized spacial score (nSPS) is 14.5. The van der Waals surface area contributed by atoms with E-state index in [0.717, 1.165) is 23.5 Å². The lowest BCUT2D eigenvalue weighted by atomic mass is 10.3. The number of carbonyl (C=O) groups excluding carboxylic acids is 1. The molecule has 1 aromatic heterocycles. The van der Waals surface area contributed by atoms with Crippen molar-refractivity contribution in [2.75, 3.05) is 20.4 Å². The summed E-state index contributed by atoms with van der Waals surface area (Å²) in [6.45, 7) is 0. The minimum absolute atomic E-state index is 0.0988. The van der Waals surface area contributed by atoms with Crippen molar-refractivity contribution >= 4 is 17.7 Å². The van der Waals surface area contributed by atoms with Crippen LogP contribution in [0.4, 0.5) is 0 Å². The molecule has 0 atom stereocenters. The van der Waals surface area contributed by atoms with Crippen LogP contribution in [0.3, 0.4) is 0 Å². The van der Waals surface area contributed by atoms with Gasteiger partial charge >= 0.3 is 0 Å². The van der Waals surface area contributed by atoms with Crippen molar-refractivity contribution in [3.05, 3.63) is 18.0 Å². The van der Waals surface area contributed by atoms with Crippen LogP contribution in [0, 0.1) is 0 Å². The Morgan fingerprint density at radius 2 is 2.24 bits per heavy atom. The van der Waals surface area contributed by atoms with Gasteiger partial charge in [0.05, 0.1) is 11.0 Å². The molecular weight excluding hydrogens is 236 g/mol. The summed E-state index contributed by atoms with van der Waals surface area (Å²) in [5, 5.41) is 0. The van der Waals surface area contributed by atoms with E-state index in [1.807, 2.05) is 6.26 Å². The van der Waals surface area contributed by atoms with Gasteiger partial charge in [-0.15, -0.1) is 11.8 Å². The topological polar surface area (TPSA) is 42.4 Å². The Bertz CT molecular complexity index is 431. The van der Waals surface area contributed by atoms with Gasteiger partial charge in [-0.2, -0.15) is 0 Å². The molecule has 0 aromatic carbocycles. The van der Waals surface area contributed by atoms with E-state index in [2.05, 4.69) is 4.98 Å². The first kappa shape index (κ1) is 12.2. The SMILES string of the molecule is CSc1cnc(C(=O)N(C)C)cc1OC1CC1. The van der Waals surface area contributed by atoms with Gasteiger partial charge in [0.25, 0.3) is 5.91 Å². The number of pyridine rings is 1. The first-order valence-electron chi connectivity index (χ1n) is 5.54. The molecule has 2 rings (SSSR count). The zero-order valence-corrected chi connectivity index (χ0v) is 11.1. The number of ether oxygens (including phenoxy) is 1. The Kier molecular flexibility index (Phi) is 3.57. The molecule has 5 heteroatoms. The van der Waals surface area contributed by atoms with Crippen molar-refractivity contribution in [1.82, 2.24) is 9.88 Å². The Morgan fingerprint density at radius 3 is 2.76 bits per heavy atom. The van der Waals surface area contributed by atoms with Crippen LogP contribution in [-0.2, 0) is 0 Å². The summed E-state index contributed by atoms with van der Waals surface area (Å²) in [7, 11) is 3.43. The monoisotopic (exact) mass is 252 g/mol. The summed E-state index contributed by atoms with van der Waals surface area (Å²) in [5.41, 5.74) is 0.434. The van der Waals surface area contributed by atoms with Gasteiger partial charge in [0.15, 0.2) is 0 Å². The van der Waals surface area contributed by atoms with Crippen molar-refractivity contribution in [3.63, 3.8) is 0 Å². The van der Waals surface area contributed by atoms with E-state index in [1.165, 1.54) is 4.90 Å². The fourth-order valence-corrected chi connectivity index (χ4v) is 1.85. The fourth-order valence-electron chi connectivity index (χ4n) is 1.38. The van der Waals surface area contributed by atoms with Crippen LogP contribution in [0.1, 0.15) is 23.3 Å². The molecule has 0 bridgehead atoms. The second-order valence-corrected chi connectivity index (χ2v) is 5.09. The maximum Gasteiger partial charge on any atom is 0.272 e. The maximum atomic E-state index is 11.8. The number of nitrogens with zero attached hydrogens (tertiary/aromatic N) is 2. The molecule has 0 N–H and O–H groups in total. The molecular formula is C12H16N2O2S. The van der Waals surface area contributed by atoms with Gasteiger partial charge in [-0.3, -0.25) is 4.79 Å². The Balaban J connectivity index is 2.26. The number of hydrogen-bond acceptors (Lipinski definition) is 4. The van der Waals surface area contributed by atoms with Gasteiger partial charge in [0.1, 0.15) is 11.4 Å². The Morgan fingerprint density at radius 1 is 1.53 bits per heavy atom. The van der Waals surface area contributed by atoms with Crippen molar-refractivity contribution in [1.29, 1.82) is 0 Å². The summed E-state index contributed by atoms with van der Waals surface area (Å²) in [5.74, 6) is 0.679. The molecule has 1 heterocycles. The summed E-state index contributed by atoms with van der Waals surface area (Å²) in [6.07, 6.45) is 6.22. The molecule has 1 aliphatic rings. The third kappa shape index (κ3) is 2.91. The number of amides is 1. The minimum Gasteiger partial charge on any atom is -0.489 e. The predicted octanol–water partition coefficient (Wildman–Crippen LogP) is 2.05. The molecule has 0 radical (unpaired) electrons. The molecule has 17 heavy (non-hydrogen) atoms. The van der Waals surface area contributed by atoms with Gasteiger partial charge in [-0.1, -0.05) is 0 Å². The van der Waals surface area contributed by atoms with E-state index in [4.69, 9.17) is 4.74 Å². The number of thioether (sulfide) groups is 1. The highest BCUT2D eigenvalue weighted by Crippen LogP contribution is 2.33. The van der Waals surface area contributed by atoms with Crippen molar-refractivity contribution in [3.8, 4) is 5.75 Å². The fraction of sp³-hybridized carbons (Fsp3) is 0.500. The van der Waals surface area contributed by atoms with Crippen molar-refractivity contribution < 1.29 is 9.53 Å². The third-order valence-corrected chi connectivity index (χ3v) is 3.24. The third-order valence-electron chi connectivity index (χ3n) is 2.49. The van der Waals surface area contributed by atoms with E-state index in [0.29, 0.717) is 11.8 Å². The zero-order chi connectivity index (χ0) is 12.4. The minimum atomic E-state index is -0.0988. The van der Waals surface area contributed by atoms with Gasteiger partial charge < -0.3 is 9.64 Å². The first-order chi connectivity index (χ1) is 8.11. The maximum absolute atomic E-state index is 11.8. The highest BCUT2D eigenvalue weighted by molar-refractivity contribution is 7.98. The van der Waals surface area contributed by atoms with Crippen molar-refractivity contribution in [2.24, 2.45) is 0 Å². The molecule has 1 aromatic rings. The van der Waals surface area contributed by atoms with Crippen LogP contribution in [0.15, 0.2) is 17.2 Å². The molecule has 0 unspecified atom stereocenters. The number of rotatable bonds is 4. The highest BCUT2D eigenvalue weighted by Gasteiger charge is 2.25. The van der Waals surface area contributed by atoms with Crippen LogP contribution in [0.2, 0.25) is 0 Å². The molecule has 1 amide bonds. The van der Waals surface area contributed by atoms with E-state index in [9.17, 15) is 4.79 Å². The molecule has 0 aliphatic heterocycles. The number of carbonyl (C=O) groups is 1. The predicted molar refractivity (Wildman–Crippen MR) is 67.7 cm³/mol. The van der Waals surface area contributed by atoms with E-state index >= 15 is 0 Å². The number of aromatic nitrogens is 1. The quantitative estimate of drug-likeness (QED) is 0.769. The van der Waals surface area contributed by atoms with E-state index in [-0.39, 0.29) is 5.91 Å². The second kappa shape index (κ2) is 4.96.